The number of benzene rings is 1. The number of morpholine rings is 1. The summed E-state index contributed by atoms with van der Waals surface area (Å²) < 4.78 is 12.6. The lowest BCUT2D eigenvalue weighted by atomic mass is 9.93. The molecule has 0 radical (unpaired) electrons. The number of aromatic nitrogens is 4. The molecule has 3 fully saturated rings. The van der Waals surface area contributed by atoms with E-state index in [0.717, 1.165) is 74.1 Å². The highest BCUT2D eigenvalue weighted by Gasteiger charge is 2.34. The van der Waals surface area contributed by atoms with Crippen LogP contribution in [0.25, 0.3) is 11.0 Å². The lowest BCUT2D eigenvalue weighted by Crippen LogP contribution is -2.42. The van der Waals surface area contributed by atoms with Gasteiger partial charge in [-0.2, -0.15) is 0 Å². The van der Waals surface area contributed by atoms with Crippen LogP contribution in [0.1, 0.15) is 38.5 Å². The van der Waals surface area contributed by atoms with Gasteiger partial charge in [0.1, 0.15) is 11.3 Å². The first-order valence-corrected chi connectivity index (χ1v) is 11.7. The highest BCUT2D eigenvalue weighted by molar-refractivity contribution is 5.85. The van der Waals surface area contributed by atoms with Crippen molar-refractivity contribution < 1.29 is 9.47 Å². The largest absolute Gasteiger partial charge is 0.488 e. The van der Waals surface area contributed by atoms with E-state index in [1.54, 1.807) is 24.8 Å². The monoisotopic (exact) mass is 432 g/mol. The van der Waals surface area contributed by atoms with E-state index < -0.39 is 0 Å². The molecule has 8 nitrogen and oxygen atoms in total. The van der Waals surface area contributed by atoms with Gasteiger partial charge in [-0.05, 0) is 50.7 Å². The minimum absolute atomic E-state index is 0.172. The average molecular weight is 433 g/mol. The molecule has 1 N–H and O–H groups in total. The Kier molecular flexibility index (Phi) is 5.23. The molecule has 2 atom stereocenters. The molecule has 0 amide bonds. The Morgan fingerprint density at radius 1 is 0.844 bits per heavy atom. The second-order valence-electron chi connectivity index (χ2n) is 9.04. The molecule has 8 heteroatoms. The van der Waals surface area contributed by atoms with Crippen LogP contribution in [0.4, 0.5) is 11.6 Å². The van der Waals surface area contributed by atoms with Gasteiger partial charge in [0.25, 0.3) is 0 Å². The van der Waals surface area contributed by atoms with Gasteiger partial charge >= 0.3 is 0 Å². The van der Waals surface area contributed by atoms with Crippen LogP contribution < -0.4 is 15.0 Å². The normalized spacial score (nSPS) is 27.4. The lowest BCUT2D eigenvalue weighted by Gasteiger charge is -2.34. The van der Waals surface area contributed by atoms with E-state index in [1.165, 1.54) is 0 Å². The van der Waals surface area contributed by atoms with Crippen molar-refractivity contribution in [3.05, 3.63) is 43.0 Å². The van der Waals surface area contributed by atoms with E-state index in [-0.39, 0.29) is 6.10 Å². The summed E-state index contributed by atoms with van der Waals surface area (Å²) in [7, 11) is 0. The molecule has 3 aromatic rings. The zero-order valence-corrected chi connectivity index (χ0v) is 18.1. The molecule has 0 spiro atoms. The predicted molar refractivity (Wildman–Crippen MR) is 122 cm³/mol. The topological polar surface area (TPSA) is 85.3 Å². The number of nitrogens with one attached hydrogen (secondary N) is 1. The molecule has 32 heavy (non-hydrogen) atoms. The quantitative estimate of drug-likeness (QED) is 0.655. The molecule has 1 aromatic carbocycles. The number of hydrogen-bond acceptors (Lipinski definition) is 8. The summed E-state index contributed by atoms with van der Waals surface area (Å²) in [5, 5.41) is 3.44. The molecule has 2 saturated heterocycles. The van der Waals surface area contributed by atoms with Crippen LogP contribution in [0, 0.1) is 0 Å². The van der Waals surface area contributed by atoms with Gasteiger partial charge in [0, 0.05) is 55.7 Å². The number of ether oxygens (including phenoxy) is 2. The van der Waals surface area contributed by atoms with E-state index in [2.05, 4.69) is 42.3 Å². The van der Waals surface area contributed by atoms with Gasteiger partial charge in [-0.25, -0.2) is 15.0 Å². The van der Waals surface area contributed by atoms with Crippen molar-refractivity contribution in [3.63, 3.8) is 0 Å². The number of nitrogens with zero attached hydrogens (tertiary/aromatic N) is 5. The first-order chi connectivity index (χ1) is 15.8. The SMILES string of the molecule is c1cnc(NC2CCC(Oc3cc(N4CC5CCC(C4)O5)cc4nccnc34)CC2)nc1. The lowest BCUT2D eigenvalue weighted by molar-refractivity contribution is 0.0305. The smallest absolute Gasteiger partial charge is 0.222 e. The molecule has 1 aliphatic carbocycles. The number of anilines is 2. The molecule has 1 saturated carbocycles. The summed E-state index contributed by atoms with van der Waals surface area (Å²) in [5.74, 6) is 1.54. The Bertz CT molecular complexity index is 1060. The third-order valence-electron chi connectivity index (χ3n) is 6.80. The van der Waals surface area contributed by atoms with Crippen LogP contribution in [0.3, 0.4) is 0 Å². The highest BCUT2D eigenvalue weighted by atomic mass is 16.5. The Morgan fingerprint density at radius 3 is 2.38 bits per heavy atom. The van der Waals surface area contributed by atoms with Gasteiger partial charge in [-0.3, -0.25) is 4.98 Å². The van der Waals surface area contributed by atoms with Crippen LogP contribution in [0.2, 0.25) is 0 Å². The Labute approximate surface area is 187 Å². The summed E-state index contributed by atoms with van der Waals surface area (Å²) in [4.78, 5) is 20.2. The molecule has 2 bridgehead atoms. The van der Waals surface area contributed by atoms with E-state index in [0.29, 0.717) is 24.2 Å². The van der Waals surface area contributed by atoms with E-state index in [9.17, 15) is 0 Å². The maximum atomic E-state index is 6.55. The minimum Gasteiger partial charge on any atom is -0.488 e. The van der Waals surface area contributed by atoms with Gasteiger partial charge in [0.05, 0.1) is 23.8 Å². The molecule has 2 unspecified atom stereocenters. The van der Waals surface area contributed by atoms with Gasteiger partial charge in [0.15, 0.2) is 0 Å². The Morgan fingerprint density at radius 2 is 1.59 bits per heavy atom. The van der Waals surface area contributed by atoms with Crippen molar-refractivity contribution >= 4 is 22.7 Å². The van der Waals surface area contributed by atoms with Crippen molar-refractivity contribution in [3.8, 4) is 5.75 Å². The fraction of sp³-hybridized carbons (Fsp3) is 0.500. The van der Waals surface area contributed by atoms with Crippen molar-refractivity contribution in [2.45, 2.75) is 62.9 Å². The number of rotatable bonds is 5. The first-order valence-electron chi connectivity index (χ1n) is 11.7. The van der Waals surface area contributed by atoms with Crippen LogP contribution >= 0.6 is 0 Å². The molecular formula is C24H28N6O2. The number of fused-ring (bicyclic) bond motifs is 3. The first kappa shape index (κ1) is 19.7. The highest BCUT2D eigenvalue weighted by Crippen LogP contribution is 2.35. The van der Waals surface area contributed by atoms with E-state index in [1.807, 2.05) is 6.07 Å². The van der Waals surface area contributed by atoms with Gasteiger partial charge in [-0.15, -0.1) is 0 Å². The third kappa shape index (κ3) is 4.07. The fourth-order valence-electron chi connectivity index (χ4n) is 5.19. The molecule has 4 heterocycles. The van der Waals surface area contributed by atoms with Crippen molar-refractivity contribution in [1.82, 2.24) is 19.9 Å². The predicted octanol–water partition coefficient (Wildman–Crippen LogP) is 3.59. The number of hydrogen-bond donors (Lipinski definition) is 1. The van der Waals surface area contributed by atoms with Gasteiger partial charge in [0.2, 0.25) is 5.95 Å². The van der Waals surface area contributed by atoms with Crippen LogP contribution in [-0.4, -0.2) is 57.4 Å². The maximum absolute atomic E-state index is 6.55. The molecule has 6 rings (SSSR count). The molecule has 2 aromatic heterocycles. The molecule has 2 aliphatic heterocycles. The van der Waals surface area contributed by atoms with Crippen molar-refractivity contribution in [2.24, 2.45) is 0 Å². The summed E-state index contributed by atoms with van der Waals surface area (Å²) in [6.45, 7) is 1.86. The van der Waals surface area contributed by atoms with E-state index in [4.69, 9.17) is 9.47 Å². The molecular weight excluding hydrogens is 404 g/mol. The average Bonchev–Trinajstić information content (AvgIpc) is 3.18. The van der Waals surface area contributed by atoms with Gasteiger partial charge < -0.3 is 19.7 Å². The second-order valence-corrected chi connectivity index (χ2v) is 9.04. The summed E-state index contributed by atoms with van der Waals surface area (Å²) >= 11 is 0. The standard InChI is InChI=1S/C24H28N6O2/c1-8-27-24(28-9-1)29-16-2-4-18(5-3-16)32-22-13-17(12-21-23(22)26-11-10-25-21)30-14-19-6-7-20(15-30)31-19/h1,8-13,16,18-20H,2-7,14-15H2,(H,27,28,29). The van der Waals surface area contributed by atoms with E-state index >= 15 is 0 Å². The summed E-state index contributed by atoms with van der Waals surface area (Å²) in [5.41, 5.74) is 2.88. The van der Waals surface area contributed by atoms with Crippen molar-refractivity contribution in [2.75, 3.05) is 23.3 Å². The Balaban J connectivity index is 1.17. The van der Waals surface area contributed by atoms with Crippen LogP contribution in [-0.2, 0) is 4.74 Å². The second kappa shape index (κ2) is 8.50. The third-order valence-corrected chi connectivity index (χ3v) is 6.80. The van der Waals surface area contributed by atoms with Crippen LogP contribution in [0.5, 0.6) is 5.75 Å². The van der Waals surface area contributed by atoms with Crippen molar-refractivity contribution in [1.29, 1.82) is 0 Å². The zero-order valence-electron chi connectivity index (χ0n) is 18.1. The van der Waals surface area contributed by atoms with Gasteiger partial charge in [-0.1, -0.05) is 0 Å². The minimum atomic E-state index is 0.172. The molecule has 3 aliphatic rings. The Hall–Kier alpha value is -3.00. The fourth-order valence-corrected chi connectivity index (χ4v) is 5.19. The summed E-state index contributed by atoms with van der Waals surface area (Å²) in [6, 6.07) is 6.51. The molecule has 166 valence electrons. The van der Waals surface area contributed by atoms with Crippen LogP contribution in [0.15, 0.2) is 43.0 Å². The maximum Gasteiger partial charge on any atom is 0.222 e. The zero-order chi connectivity index (χ0) is 21.3. The summed E-state index contributed by atoms with van der Waals surface area (Å²) in [6.07, 6.45) is 14.2.